The molecule has 1 atom stereocenters. The molecule has 3 aromatic rings. The van der Waals surface area contributed by atoms with Crippen molar-refractivity contribution in [3.8, 4) is 11.6 Å². The topological polar surface area (TPSA) is 84.0 Å². The predicted molar refractivity (Wildman–Crippen MR) is 103 cm³/mol. The van der Waals surface area contributed by atoms with Crippen LogP contribution in [-0.4, -0.2) is 44.1 Å². The summed E-state index contributed by atoms with van der Waals surface area (Å²) in [5.74, 6) is 1.85. The van der Waals surface area contributed by atoms with Crippen LogP contribution in [0.3, 0.4) is 0 Å². The minimum absolute atomic E-state index is 0.0839. The van der Waals surface area contributed by atoms with Crippen LogP contribution in [0.25, 0.3) is 0 Å². The van der Waals surface area contributed by atoms with Crippen molar-refractivity contribution in [2.24, 2.45) is 0 Å². The number of ether oxygens (including phenoxy) is 1. The lowest BCUT2D eigenvalue weighted by Crippen LogP contribution is -2.39. The van der Waals surface area contributed by atoms with E-state index in [9.17, 15) is 4.79 Å². The molecule has 0 radical (unpaired) electrons. The molecular weight excluding hydrogens is 410 g/mol. The van der Waals surface area contributed by atoms with Crippen molar-refractivity contribution in [3.63, 3.8) is 0 Å². The van der Waals surface area contributed by atoms with Gasteiger partial charge in [-0.05, 0) is 49.2 Å². The molecule has 1 aromatic carbocycles. The number of aromatic amines is 1. The highest BCUT2D eigenvalue weighted by molar-refractivity contribution is 9.10. The second-order valence-electron chi connectivity index (χ2n) is 6.37. The lowest BCUT2D eigenvalue weighted by molar-refractivity contribution is 0.0701. The van der Waals surface area contributed by atoms with E-state index in [0.717, 1.165) is 23.1 Å². The lowest BCUT2D eigenvalue weighted by Gasteiger charge is -2.31. The maximum atomic E-state index is 13.1. The fourth-order valence-electron chi connectivity index (χ4n) is 3.22. The molecule has 7 nitrogen and oxygen atoms in total. The number of H-pyrrole nitrogens is 1. The average molecular weight is 428 g/mol. The van der Waals surface area contributed by atoms with Gasteiger partial charge in [0, 0.05) is 29.7 Å². The number of likely N-dealkylation sites (tertiary alicyclic amines) is 1. The summed E-state index contributed by atoms with van der Waals surface area (Å²) in [5, 5.41) is 6.83. The minimum atomic E-state index is -0.0839. The summed E-state index contributed by atoms with van der Waals surface area (Å²) in [6, 6.07) is 10.9. The number of rotatable bonds is 4. The van der Waals surface area contributed by atoms with Gasteiger partial charge < -0.3 is 9.64 Å². The minimum Gasteiger partial charge on any atom is -0.438 e. The standard InChI is InChI=1S/C19H18BrN5O2/c20-14-5-7-15(8-6-14)27-18-16(4-1-9-21-18)19(26)25-10-2-3-13(11-25)17-22-12-23-24-17/h1,4-9,12-13H,2-3,10-11H2,(H,22,23,24)/t13-/m0/s1. The van der Waals surface area contributed by atoms with Gasteiger partial charge in [0.25, 0.3) is 5.91 Å². The molecule has 1 amide bonds. The van der Waals surface area contributed by atoms with E-state index >= 15 is 0 Å². The molecule has 8 heteroatoms. The van der Waals surface area contributed by atoms with Crippen molar-refractivity contribution >= 4 is 21.8 Å². The molecule has 0 aliphatic carbocycles. The molecule has 1 fully saturated rings. The number of aromatic nitrogens is 4. The Kier molecular flexibility index (Phi) is 5.15. The molecule has 0 saturated carbocycles. The van der Waals surface area contributed by atoms with E-state index in [-0.39, 0.29) is 11.8 Å². The Morgan fingerprint density at radius 3 is 2.85 bits per heavy atom. The summed E-state index contributed by atoms with van der Waals surface area (Å²) < 4.78 is 6.82. The Labute approximate surface area is 164 Å². The molecule has 0 spiro atoms. The van der Waals surface area contributed by atoms with Crippen LogP contribution >= 0.6 is 15.9 Å². The quantitative estimate of drug-likeness (QED) is 0.684. The summed E-state index contributed by atoms with van der Waals surface area (Å²) in [7, 11) is 0. The number of amides is 1. The zero-order valence-corrected chi connectivity index (χ0v) is 16.1. The Morgan fingerprint density at radius 1 is 1.22 bits per heavy atom. The number of hydrogen-bond acceptors (Lipinski definition) is 5. The van der Waals surface area contributed by atoms with Crippen molar-refractivity contribution in [3.05, 3.63) is 64.8 Å². The summed E-state index contributed by atoms with van der Waals surface area (Å²) in [6.45, 7) is 1.30. The Hall–Kier alpha value is -2.74. The fourth-order valence-corrected chi connectivity index (χ4v) is 3.48. The van der Waals surface area contributed by atoms with Gasteiger partial charge in [-0.1, -0.05) is 15.9 Å². The fraction of sp³-hybridized carbons (Fsp3) is 0.263. The van der Waals surface area contributed by atoms with Gasteiger partial charge in [0.2, 0.25) is 5.88 Å². The highest BCUT2D eigenvalue weighted by atomic mass is 79.9. The van der Waals surface area contributed by atoms with E-state index in [1.807, 2.05) is 29.2 Å². The second kappa shape index (κ2) is 7.87. The maximum absolute atomic E-state index is 13.1. The molecule has 27 heavy (non-hydrogen) atoms. The molecule has 138 valence electrons. The van der Waals surface area contributed by atoms with Gasteiger partial charge in [-0.2, -0.15) is 5.10 Å². The molecule has 0 unspecified atom stereocenters. The van der Waals surface area contributed by atoms with Crippen LogP contribution in [0, 0.1) is 0 Å². The Balaban J connectivity index is 1.54. The van der Waals surface area contributed by atoms with E-state index in [4.69, 9.17) is 4.74 Å². The highest BCUT2D eigenvalue weighted by Gasteiger charge is 2.28. The van der Waals surface area contributed by atoms with Crippen molar-refractivity contribution in [1.82, 2.24) is 25.1 Å². The van der Waals surface area contributed by atoms with Crippen molar-refractivity contribution in [2.75, 3.05) is 13.1 Å². The number of carbonyl (C=O) groups is 1. The monoisotopic (exact) mass is 427 g/mol. The maximum Gasteiger partial charge on any atom is 0.259 e. The third-order valence-corrected chi connectivity index (χ3v) is 5.09. The third-order valence-electron chi connectivity index (χ3n) is 4.56. The molecule has 4 rings (SSSR count). The van der Waals surface area contributed by atoms with Crippen LogP contribution < -0.4 is 4.74 Å². The van der Waals surface area contributed by atoms with E-state index in [1.165, 1.54) is 6.33 Å². The average Bonchev–Trinajstić information content (AvgIpc) is 3.25. The first-order chi connectivity index (χ1) is 13.2. The first-order valence-corrected chi connectivity index (χ1v) is 9.53. The van der Waals surface area contributed by atoms with Gasteiger partial charge in [-0.3, -0.25) is 9.89 Å². The van der Waals surface area contributed by atoms with Crippen molar-refractivity contribution < 1.29 is 9.53 Å². The van der Waals surface area contributed by atoms with E-state index in [2.05, 4.69) is 36.1 Å². The first kappa shape index (κ1) is 17.7. The third kappa shape index (κ3) is 4.00. The van der Waals surface area contributed by atoms with Crippen LogP contribution in [0.5, 0.6) is 11.6 Å². The number of hydrogen-bond donors (Lipinski definition) is 1. The van der Waals surface area contributed by atoms with Crippen LogP contribution in [0.4, 0.5) is 0 Å². The number of nitrogens with one attached hydrogen (secondary N) is 1. The van der Waals surface area contributed by atoms with Crippen molar-refractivity contribution in [2.45, 2.75) is 18.8 Å². The van der Waals surface area contributed by atoms with Crippen LogP contribution in [0.2, 0.25) is 0 Å². The summed E-state index contributed by atoms with van der Waals surface area (Å²) >= 11 is 3.40. The molecule has 1 aliphatic rings. The highest BCUT2D eigenvalue weighted by Crippen LogP contribution is 2.29. The number of carbonyl (C=O) groups excluding carboxylic acids is 1. The number of halogens is 1. The van der Waals surface area contributed by atoms with E-state index in [0.29, 0.717) is 30.3 Å². The van der Waals surface area contributed by atoms with Crippen molar-refractivity contribution in [1.29, 1.82) is 0 Å². The first-order valence-electron chi connectivity index (χ1n) is 8.73. The normalized spacial score (nSPS) is 16.9. The van der Waals surface area contributed by atoms with Gasteiger partial charge in [0.05, 0.1) is 0 Å². The molecule has 0 bridgehead atoms. The summed E-state index contributed by atoms with van der Waals surface area (Å²) in [6.07, 6.45) is 5.02. The molecule has 1 aliphatic heterocycles. The molecule has 3 heterocycles. The second-order valence-corrected chi connectivity index (χ2v) is 7.29. The Morgan fingerprint density at radius 2 is 2.07 bits per heavy atom. The SMILES string of the molecule is O=C(c1cccnc1Oc1ccc(Br)cc1)N1CCC[C@H](c2ncn[nH]2)C1. The van der Waals surface area contributed by atoms with Gasteiger partial charge in [0.1, 0.15) is 23.5 Å². The zero-order chi connectivity index (χ0) is 18.6. The molecular formula is C19H18BrN5O2. The van der Waals surface area contributed by atoms with Gasteiger partial charge in [-0.15, -0.1) is 0 Å². The Bertz CT molecular complexity index is 914. The van der Waals surface area contributed by atoms with E-state index < -0.39 is 0 Å². The van der Waals surface area contributed by atoms with E-state index in [1.54, 1.807) is 18.3 Å². The van der Waals surface area contributed by atoms with Crippen LogP contribution in [0.1, 0.15) is 34.9 Å². The summed E-state index contributed by atoms with van der Waals surface area (Å²) in [4.78, 5) is 23.5. The lowest BCUT2D eigenvalue weighted by atomic mass is 9.97. The molecule has 2 aromatic heterocycles. The van der Waals surface area contributed by atoms with Gasteiger partial charge in [0.15, 0.2) is 0 Å². The number of nitrogens with zero attached hydrogens (tertiary/aromatic N) is 4. The van der Waals surface area contributed by atoms with Gasteiger partial charge in [-0.25, -0.2) is 9.97 Å². The van der Waals surface area contributed by atoms with Crippen LogP contribution in [-0.2, 0) is 0 Å². The number of piperidine rings is 1. The molecule has 1 saturated heterocycles. The number of pyridine rings is 1. The zero-order valence-electron chi connectivity index (χ0n) is 14.5. The predicted octanol–water partition coefficient (Wildman–Crippen LogP) is 3.77. The molecule has 1 N–H and O–H groups in total. The smallest absolute Gasteiger partial charge is 0.259 e. The summed E-state index contributed by atoms with van der Waals surface area (Å²) in [5.41, 5.74) is 0.457. The number of benzene rings is 1. The van der Waals surface area contributed by atoms with Crippen LogP contribution in [0.15, 0.2) is 53.4 Å². The van der Waals surface area contributed by atoms with Gasteiger partial charge >= 0.3 is 0 Å². The largest absolute Gasteiger partial charge is 0.438 e.